The summed E-state index contributed by atoms with van der Waals surface area (Å²) in [5, 5.41) is 8.96. The van der Waals surface area contributed by atoms with E-state index in [0.29, 0.717) is 11.8 Å². The Kier molecular flexibility index (Phi) is 3.30. The first kappa shape index (κ1) is 12.8. The molecule has 2 N–H and O–H groups in total. The summed E-state index contributed by atoms with van der Waals surface area (Å²) in [6.45, 7) is 0. The van der Waals surface area contributed by atoms with Crippen molar-refractivity contribution in [3.63, 3.8) is 0 Å². The smallest absolute Gasteiger partial charge is 0.335 e. The molecule has 7 nitrogen and oxygen atoms in total. The number of aromatic carboxylic acids is 1. The predicted molar refractivity (Wildman–Crippen MR) is 75.8 cm³/mol. The molecule has 0 aliphatic heterocycles. The lowest BCUT2D eigenvalue weighted by Crippen LogP contribution is -2.13. The Morgan fingerprint density at radius 3 is 2.38 bits per heavy atom. The number of H-pyrrole nitrogens is 1. The topological polar surface area (TPSA) is 95.0 Å². The fourth-order valence-electron chi connectivity index (χ4n) is 1.88. The Bertz CT molecular complexity index is 726. The number of carboxylic acid groups (broad SMARTS) is 1. The fourth-order valence-corrected chi connectivity index (χ4v) is 1.88. The third-order valence-electron chi connectivity index (χ3n) is 2.84. The molecule has 0 atom stereocenters. The normalized spacial score (nSPS) is 10.3. The van der Waals surface area contributed by atoms with Gasteiger partial charge in [-0.2, -0.15) is 0 Å². The van der Waals surface area contributed by atoms with Crippen molar-refractivity contribution in [2.45, 2.75) is 0 Å². The number of anilines is 3. The van der Waals surface area contributed by atoms with Crippen molar-refractivity contribution in [1.29, 1.82) is 0 Å². The maximum absolute atomic E-state index is 10.9. The van der Waals surface area contributed by atoms with Crippen molar-refractivity contribution in [1.82, 2.24) is 19.9 Å². The molecule has 0 unspecified atom stereocenters. The second-order valence-corrected chi connectivity index (χ2v) is 4.16. The number of hydrogen-bond donors (Lipinski definition) is 2. The molecule has 0 aliphatic carbocycles. The first-order valence-electron chi connectivity index (χ1n) is 6.15. The first-order valence-corrected chi connectivity index (χ1v) is 6.15. The number of nitrogens with one attached hydrogen (secondary N) is 1. The maximum atomic E-state index is 10.9. The van der Waals surface area contributed by atoms with Crippen molar-refractivity contribution >= 4 is 23.4 Å². The van der Waals surface area contributed by atoms with E-state index in [2.05, 4.69) is 19.9 Å². The van der Waals surface area contributed by atoms with Gasteiger partial charge >= 0.3 is 5.97 Å². The van der Waals surface area contributed by atoms with Gasteiger partial charge in [0.25, 0.3) is 0 Å². The molecular weight excluding hydrogens is 270 g/mol. The monoisotopic (exact) mass is 281 g/mol. The quantitative estimate of drug-likeness (QED) is 0.762. The zero-order chi connectivity index (χ0) is 14.7. The number of carboxylic acids is 1. The van der Waals surface area contributed by atoms with E-state index in [1.807, 2.05) is 0 Å². The van der Waals surface area contributed by atoms with Gasteiger partial charge in [-0.3, -0.25) is 4.90 Å². The average Bonchev–Trinajstić information content (AvgIpc) is 3.03. The molecule has 104 valence electrons. The highest BCUT2D eigenvalue weighted by Gasteiger charge is 2.16. The summed E-state index contributed by atoms with van der Waals surface area (Å²) in [7, 11) is 0. The lowest BCUT2D eigenvalue weighted by molar-refractivity contribution is 0.0697. The molecule has 2 heterocycles. The number of hydrogen-bond acceptors (Lipinski definition) is 5. The highest BCUT2D eigenvalue weighted by Crippen LogP contribution is 2.29. The molecule has 0 saturated heterocycles. The molecule has 2 aromatic heterocycles. The van der Waals surface area contributed by atoms with Crippen LogP contribution in [0, 0.1) is 0 Å². The van der Waals surface area contributed by atoms with Crippen LogP contribution in [-0.2, 0) is 0 Å². The third-order valence-corrected chi connectivity index (χ3v) is 2.84. The lowest BCUT2D eigenvalue weighted by Gasteiger charge is -2.19. The van der Waals surface area contributed by atoms with Gasteiger partial charge in [-0.15, -0.1) is 0 Å². The van der Waals surface area contributed by atoms with Crippen molar-refractivity contribution in [3.8, 4) is 0 Å². The summed E-state index contributed by atoms with van der Waals surface area (Å²) in [6, 6.07) is 8.16. The molecule has 1 aromatic carbocycles. The van der Waals surface area contributed by atoms with Gasteiger partial charge in [0.2, 0.25) is 5.95 Å². The summed E-state index contributed by atoms with van der Waals surface area (Å²) in [4.78, 5) is 28.2. The van der Waals surface area contributed by atoms with Gasteiger partial charge in [-0.1, -0.05) is 0 Å². The van der Waals surface area contributed by atoms with Crippen LogP contribution in [0.25, 0.3) is 0 Å². The van der Waals surface area contributed by atoms with Crippen LogP contribution >= 0.6 is 0 Å². The number of aromatic nitrogens is 4. The molecular formula is C14H11N5O2. The Balaban J connectivity index is 2.06. The van der Waals surface area contributed by atoms with Gasteiger partial charge in [-0.05, 0) is 30.3 Å². The van der Waals surface area contributed by atoms with Crippen molar-refractivity contribution in [3.05, 3.63) is 60.8 Å². The van der Waals surface area contributed by atoms with Gasteiger partial charge in [0.05, 0.1) is 17.6 Å². The zero-order valence-electron chi connectivity index (χ0n) is 10.8. The van der Waals surface area contributed by atoms with E-state index in [1.165, 1.54) is 12.1 Å². The van der Waals surface area contributed by atoms with E-state index in [9.17, 15) is 4.79 Å². The van der Waals surface area contributed by atoms with Crippen LogP contribution in [-0.4, -0.2) is 31.0 Å². The van der Waals surface area contributed by atoms with E-state index in [-0.39, 0.29) is 5.56 Å². The molecule has 7 heteroatoms. The molecule has 0 aliphatic rings. The summed E-state index contributed by atoms with van der Waals surface area (Å²) < 4.78 is 0. The molecule has 21 heavy (non-hydrogen) atoms. The summed E-state index contributed by atoms with van der Waals surface area (Å²) in [6.07, 6.45) is 6.53. The number of rotatable bonds is 4. The van der Waals surface area contributed by atoms with Gasteiger partial charge < -0.3 is 10.1 Å². The van der Waals surface area contributed by atoms with E-state index in [1.54, 1.807) is 48.0 Å². The Morgan fingerprint density at radius 2 is 1.81 bits per heavy atom. The molecule has 3 rings (SSSR count). The van der Waals surface area contributed by atoms with Crippen LogP contribution in [0.5, 0.6) is 0 Å². The van der Waals surface area contributed by atoms with Crippen LogP contribution < -0.4 is 4.90 Å². The van der Waals surface area contributed by atoms with Crippen molar-refractivity contribution < 1.29 is 9.90 Å². The van der Waals surface area contributed by atoms with Gasteiger partial charge in [0.1, 0.15) is 0 Å². The maximum Gasteiger partial charge on any atom is 0.335 e. The highest BCUT2D eigenvalue weighted by atomic mass is 16.4. The average molecular weight is 281 g/mol. The first-order chi connectivity index (χ1) is 10.3. The molecule has 0 bridgehead atoms. The number of nitrogens with zero attached hydrogens (tertiary/aromatic N) is 4. The van der Waals surface area contributed by atoms with Crippen molar-refractivity contribution in [2.24, 2.45) is 0 Å². The van der Waals surface area contributed by atoms with E-state index in [0.717, 1.165) is 5.69 Å². The lowest BCUT2D eigenvalue weighted by atomic mass is 10.2. The molecule has 0 saturated carbocycles. The van der Waals surface area contributed by atoms with Gasteiger partial charge in [0, 0.05) is 18.6 Å². The fraction of sp³-hybridized carbons (Fsp3) is 0. The van der Waals surface area contributed by atoms with E-state index < -0.39 is 5.97 Å². The van der Waals surface area contributed by atoms with Crippen LogP contribution in [0.3, 0.4) is 0 Å². The second-order valence-electron chi connectivity index (χ2n) is 4.16. The van der Waals surface area contributed by atoms with Crippen LogP contribution in [0.4, 0.5) is 17.5 Å². The van der Waals surface area contributed by atoms with Crippen molar-refractivity contribution in [2.75, 3.05) is 4.90 Å². The van der Waals surface area contributed by atoms with Crippen LogP contribution in [0.1, 0.15) is 10.4 Å². The highest BCUT2D eigenvalue weighted by molar-refractivity contribution is 5.88. The standard InChI is InChI=1S/C14H11N5O2/c20-13(21)10-2-4-11(5-3-10)19(12-8-15-9-18-12)14-16-6-1-7-17-14/h1-9H,(H,15,18)(H,20,21). The third kappa shape index (κ3) is 2.57. The second kappa shape index (κ2) is 5.41. The predicted octanol–water partition coefficient (Wildman–Crippen LogP) is 2.37. The molecule has 0 amide bonds. The molecule has 3 aromatic rings. The minimum absolute atomic E-state index is 0.217. The SMILES string of the molecule is O=C(O)c1ccc(N(c2c[nH]cn2)c2ncccn2)cc1. The largest absolute Gasteiger partial charge is 0.478 e. The molecule has 0 fully saturated rings. The summed E-state index contributed by atoms with van der Waals surface area (Å²) in [5.41, 5.74) is 0.938. The summed E-state index contributed by atoms with van der Waals surface area (Å²) >= 11 is 0. The Labute approximate surface area is 119 Å². The van der Waals surface area contributed by atoms with Gasteiger partial charge in [-0.25, -0.2) is 19.7 Å². The minimum Gasteiger partial charge on any atom is -0.478 e. The molecule has 0 radical (unpaired) electrons. The minimum atomic E-state index is -0.969. The summed E-state index contributed by atoms with van der Waals surface area (Å²) in [5.74, 6) is 0.0979. The number of aromatic amines is 1. The van der Waals surface area contributed by atoms with Crippen LogP contribution in [0.2, 0.25) is 0 Å². The molecule has 0 spiro atoms. The van der Waals surface area contributed by atoms with E-state index in [4.69, 9.17) is 5.11 Å². The van der Waals surface area contributed by atoms with E-state index >= 15 is 0 Å². The number of imidazole rings is 1. The number of carbonyl (C=O) groups is 1. The van der Waals surface area contributed by atoms with Crippen LogP contribution in [0.15, 0.2) is 55.2 Å². The number of benzene rings is 1. The Hall–Kier alpha value is -3.22. The zero-order valence-corrected chi connectivity index (χ0v) is 10.8. The Morgan fingerprint density at radius 1 is 1.10 bits per heavy atom. The van der Waals surface area contributed by atoms with Gasteiger partial charge in [0.15, 0.2) is 5.82 Å².